The van der Waals surface area contributed by atoms with Crippen molar-refractivity contribution in [3.63, 3.8) is 0 Å². The smallest absolute Gasteiger partial charge is 0.241 e. The second kappa shape index (κ2) is 7.54. The number of hydrogen-bond acceptors (Lipinski definition) is 4. The molecule has 0 unspecified atom stereocenters. The van der Waals surface area contributed by atoms with E-state index >= 15 is 0 Å². The van der Waals surface area contributed by atoms with E-state index in [1.807, 2.05) is 27.7 Å². The molecule has 1 rings (SSSR count). The highest BCUT2D eigenvalue weighted by molar-refractivity contribution is 7.89. The van der Waals surface area contributed by atoms with E-state index in [1.54, 1.807) is 11.4 Å². The Morgan fingerprint density at radius 3 is 2.25 bits per heavy atom. The molecule has 0 aliphatic carbocycles. The van der Waals surface area contributed by atoms with Gasteiger partial charge in [-0.3, -0.25) is 0 Å². The van der Waals surface area contributed by atoms with E-state index in [-0.39, 0.29) is 5.54 Å². The van der Waals surface area contributed by atoms with Crippen LogP contribution in [0.4, 0.5) is 0 Å². The summed E-state index contributed by atoms with van der Waals surface area (Å²) in [5.74, 6) is 0. The summed E-state index contributed by atoms with van der Waals surface area (Å²) >= 11 is 1.48. The molecule has 116 valence electrons. The van der Waals surface area contributed by atoms with E-state index < -0.39 is 10.0 Å². The van der Waals surface area contributed by atoms with E-state index in [1.165, 1.54) is 11.3 Å². The van der Waals surface area contributed by atoms with Crippen LogP contribution < -0.4 is 10.0 Å². The van der Waals surface area contributed by atoms with E-state index in [2.05, 4.69) is 10.0 Å². The van der Waals surface area contributed by atoms with Gasteiger partial charge in [-0.25, -0.2) is 13.1 Å². The van der Waals surface area contributed by atoms with Gasteiger partial charge in [0.2, 0.25) is 10.0 Å². The fourth-order valence-corrected chi connectivity index (χ4v) is 5.01. The van der Waals surface area contributed by atoms with Gasteiger partial charge in [0.1, 0.15) is 0 Å². The Hall–Kier alpha value is -0.430. The molecule has 20 heavy (non-hydrogen) atoms. The molecule has 0 spiro atoms. The van der Waals surface area contributed by atoms with Crippen LogP contribution in [0.1, 0.15) is 51.8 Å². The van der Waals surface area contributed by atoms with E-state index in [0.717, 1.165) is 37.2 Å². The minimum Gasteiger partial charge on any atom is -0.312 e. The van der Waals surface area contributed by atoms with E-state index in [4.69, 9.17) is 0 Å². The van der Waals surface area contributed by atoms with Crippen LogP contribution in [0.25, 0.3) is 0 Å². The van der Waals surface area contributed by atoms with Gasteiger partial charge in [0.25, 0.3) is 0 Å². The third kappa shape index (κ3) is 4.28. The largest absolute Gasteiger partial charge is 0.312 e. The molecule has 1 heterocycles. The quantitative estimate of drug-likeness (QED) is 0.735. The maximum atomic E-state index is 12.5. The highest BCUT2D eigenvalue weighted by Gasteiger charge is 2.30. The third-order valence-electron chi connectivity index (χ3n) is 3.87. The molecule has 4 nitrogen and oxygen atoms in total. The van der Waals surface area contributed by atoms with Crippen LogP contribution >= 0.6 is 11.3 Å². The van der Waals surface area contributed by atoms with Crippen LogP contribution in [0, 0.1) is 0 Å². The SMILES string of the molecule is CCNCc1cc(S(=O)(=O)NC(CC)(CC)CC)cs1. The number of rotatable bonds is 9. The van der Waals surface area contributed by atoms with Crippen LogP contribution in [-0.2, 0) is 16.6 Å². The van der Waals surface area contributed by atoms with Gasteiger partial charge < -0.3 is 5.32 Å². The van der Waals surface area contributed by atoms with Gasteiger partial charge in [0.05, 0.1) is 4.90 Å². The Morgan fingerprint density at radius 1 is 1.15 bits per heavy atom. The fraction of sp³-hybridized carbons (Fsp3) is 0.714. The lowest BCUT2D eigenvalue weighted by Gasteiger charge is -2.31. The summed E-state index contributed by atoms with van der Waals surface area (Å²) in [5, 5.41) is 4.93. The highest BCUT2D eigenvalue weighted by atomic mass is 32.2. The minimum absolute atomic E-state index is 0.331. The summed E-state index contributed by atoms with van der Waals surface area (Å²) in [7, 11) is -3.43. The molecule has 0 radical (unpaired) electrons. The van der Waals surface area contributed by atoms with Crippen molar-refractivity contribution in [1.82, 2.24) is 10.0 Å². The molecule has 0 aromatic carbocycles. The molecule has 0 aliphatic heterocycles. The molecule has 0 atom stereocenters. The molecule has 2 N–H and O–H groups in total. The molecule has 0 bridgehead atoms. The van der Waals surface area contributed by atoms with Gasteiger partial charge in [0.15, 0.2) is 0 Å². The topological polar surface area (TPSA) is 58.2 Å². The maximum Gasteiger partial charge on any atom is 0.241 e. The van der Waals surface area contributed by atoms with Crippen molar-refractivity contribution in [2.75, 3.05) is 6.54 Å². The van der Waals surface area contributed by atoms with Crippen molar-refractivity contribution in [3.8, 4) is 0 Å². The highest BCUT2D eigenvalue weighted by Crippen LogP contribution is 2.25. The number of hydrogen-bond donors (Lipinski definition) is 2. The number of sulfonamides is 1. The van der Waals surface area contributed by atoms with Crippen LogP contribution in [0.3, 0.4) is 0 Å². The molecule has 0 aliphatic rings. The summed E-state index contributed by atoms with van der Waals surface area (Å²) in [6.07, 6.45) is 2.40. The first-order valence-corrected chi connectivity index (χ1v) is 9.61. The van der Waals surface area contributed by atoms with E-state index in [0.29, 0.717) is 4.90 Å². The molecule has 0 amide bonds. The molecule has 0 saturated heterocycles. The second-order valence-corrected chi connectivity index (χ2v) is 7.65. The summed E-state index contributed by atoms with van der Waals surface area (Å²) in [4.78, 5) is 1.43. The van der Waals surface area contributed by atoms with Crippen molar-refractivity contribution < 1.29 is 8.42 Å². The summed E-state index contributed by atoms with van der Waals surface area (Å²) in [6.45, 7) is 9.71. The lowest BCUT2D eigenvalue weighted by atomic mass is 9.91. The second-order valence-electron chi connectivity index (χ2n) is 4.98. The summed E-state index contributed by atoms with van der Waals surface area (Å²) in [6, 6.07) is 1.77. The lowest BCUT2D eigenvalue weighted by molar-refractivity contribution is 0.342. The standard InChI is InChI=1S/C14H26N2O2S2/c1-5-14(6-2,7-3)16-20(17,18)13-9-12(19-11-13)10-15-8-4/h9,11,15-16H,5-8,10H2,1-4H3. The van der Waals surface area contributed by atoms with Crippen molar-refractivity contribution in [2.24, 2.45) is 0 Å². The maximum absolute atomic E-state index is 12.5. The van der Waals surface area contributed by atoms with Crippen molar-refractivity contribution in [1.29, 1.82) is 0 Å². The number of nitrogens with one attached hydrogen (secondary N) is 2. The molecule has 1 aromatic heterocycles. The Balaban J connectivity index is 2.90. The van der Waals surface area contributed by atoms with Crippen LogP contribution in [0.5, 0.6) is 0 Å². The average molecular weight is 319 g/mol. The van der Waals surface area contributed by atoms with Crippen LogP contribution in [0.15, 0.2) is 16.3 Å². The number of thiophene rings is 1. The first-order valence-electron chi connectivity index (χ1n) is 7.25. The van der Waals surface area contributed by atoms with Crippen molar-refractivity contribution in [3.05, 3.63) is 16.3 Å². The zero-order chi connectivity index (χ0) is 15.2. The zero-order valence-electron chi connectivity index (χ0n) is 12.8. The predicted octanol–water partition coefficient (Wildman–Crippen LogP) is 3.10. The molecule has 1 aromatic rings. The van der Waals surface area contributed by atoms with Gasteiger partial charge in [-0.15, -0.1) is 11.3 Å². The summed E-state index contributed by atoms with van der Waals surface area (Å²) < 4.78 is 27.9. The van der Waals surface area contributed by atoms with Gasteiger partial charge in [-0.05, 0) is 31.9 Å². The normalized spacial score (nSPS) is 12.8. The molecule has 0 fully saturated rings. The molecule has 0 saturated carbocycles. The first-order chi connectivity index (χ1) is 9.43. The van der Waals surface area contributed by atoms with Crippen molar-refractivity contribution in [2.45, 2.75) is 63.9 Å². The zero-order valence-corrected chi connectivity index (χ0v) is 14.5. The van der Waals surface area contributed by atoms with Crippen molar-refractivity contribution >= 4 is 21.4 Å². The lowest BCUT2D eigenvalue weighted by Crippen LogP contribution is -2.46. The van der Waals surface area contributed by atoms with Gasteiger partial charge in [-0.2, -0.15) is 0 Å². The Morgan fingerprint density at radius 2 is 1.75 bits per heavy atom. The first kappa shape index (κ1) is 17.6. The molecular formula is C14H26N2O2S2. The molecule has 6 heteroatoms. The van der Waals surface area contributed by atoms with Gasteiger partial charge >= 0.3 is 0 Å². The third-order valence-corrected chi connectivity index (χ3v) is 6.51. The van der Waals surface area contributed by atoms with Crippen LogP contribution in [-0.4, -0.2) is 20.5 Å². The monoisotopic (exact) mass is 318 g/mol. The Bertz CT molecular complexity index is 497. The van der Waals surface area contributed by atoms with E-state index in [9.17, 15) is 8.42 Å². The predicted molar refractivity (Wildman–Crippen MR) is 85.6 cm³/mol. The molecular weight excluding hydrogens is 292 g/mol. The van der Waals surface area contributed by atoms with Gasteiger partial charge in [-0.1, -0.05) is 27.7 Å². The van der Waals surface area contributed by atoms with Crippen LogP contribution in [0.2, 0.25) is 0 Å². The summed E-state index contributed by atoms with van der Waals surface area (Å²) in [5.41, 5.74) is -0.331. The minimum atomic E-state index is -3.43. The Kier molecular flexibility index (Phi) is 6.64. The fourth-order valence-electron chi connectivity index (χ4n) is 2.15. The Labute approximate surface area is 127 Å². The average Bonchev–Trinajstić information content (AvgIpc) is 2.92. The van der Waals surface area contributed by atoms with Gasteiger partial charge in [0, 0.05) is 22.3 Å².